The number of nitrogens with zero attached hydrogens (tertiary/aromatic N) is 1. The Hall–Kier alpha value is -3.37. The van der Waals surface area contributed by atoms with E-state index in [1.807, 2.05) is 24.5 Å². The largest absolute Gasteiger partial charge is 0.493 e. The van der Waals surface area contributed by atoms with E-state index in [1.54, 1.807) is 32.4 Å². The van der Waals surface area contributed by atoms with Crippen molar-refractivity contribution in [1.82, 2.24) is 15.3 Å². The zero-order valence-corrected chi connectivity index (χ0v) is 18.5. The summed E-state index contributed by atoms with van der Waals surface area (Å²) in [5.74, 6) is 6.32. The molecule has 7 heteroatoms. The molecular formula is C24H25N3O3S. The molecule has 0 bridgehead atoms. The van der Waals surface area contributed by atoms with Crippen LogP contribution in [-0.4, -0.2) is 41.5 Å². The van der Waals surface area contributed by atoms with E-state index in [4.69, 9.17) is 21.7 Å². The van der Waals surface area contributed by atoms with Crippen molar-refractivity contribution in [3.8, 4) is 23.3 Å². The van der Waals surface area contributed by atoms with E-state index in [-0.39, 0.29) is 5.91 Å². The van der Waals surface area contributed by atoms with Gasteiger partial charge >= 0.3 is 0 Å². The molecule has 0 atom stereocenters. The van der Waals surface area contributed by atoms with Gasteiger partial charge in [0.05, 0.1) is 14.2 Å². The van der Waals surface area contributed by atoms with Crippen LogP contribution in [0.4, 0.5) is 0 Å². The number of aromatic nitrogens is 2. The number of thiocarbonyl (C=S) groups is 1. The van der Waals surface area contributed by atoms with Crippen molar-refractivity contribution in [2.24, 2.45) is 0 Å². The summed E-state index contributed by atoms with van der Waals surface area (Å²) in [5.41, 5.74) is 2.83. The standard InChI is InChI=1S/C24H25N3O3S/c1-29-21-9-5-17(16-22(21)30-2)6-10-23(28)25-13-3-4-19(31)8-7-18-11-14-26-24-20(18)12-15-27-24/h5,9,11-12,14-16H,3-4,7-8,13H2,1-2H3,(H,25,28)(H,26,27). The maximum atomic E-state index is 12.0. The molecule has 0 fully saturated rings. The molecule has 0 radical (unpaired) electrons. The van der Waals surface area contributed by atoms with Crippen LogP contribution in [0.1, 0.15) is 30.4 Å². The molecule has 0 saturated carbocycles. The van der Waals surface area contributed by atoms with Gasteiger partial charge in [-0.2, -0.15) is 0 Å². The predicted octanol–water partition coefficient (Wildman–Crippen LogP) is 3.83. The van der Waals surface area contributed by atoms with Crippen LogP contribution in [-0.2, 0) is 11.2 Å². The number of ether oxygens (including phenoxy) is 2. The van der Waals surface area contributed by atoms with Gasteiger partial charge in [-0.25, -0.2) is 4.98 Å². The monoisotopic (exact) mass is 435 g/mol. The second-order valence-corrected chi connectivity index (χ2v) is 7.51. The minimum Gasteiger partial charge on any atom is -0.493 e. The van der Waals surface area contributed by atoms with Gasteiger partial charge in [0.1, 0.15) is 5.65 Å². The highest BCUT2D eigenvalue weighted by Crippen LogP contribution is 2.27. The molecule has 31 heavy (non-hydrogen) atoms. The third kappa shape index (κ3) is 6.30. The second kappa shape index (κ2) is 11.1. The van der Waals surface area contributed by atoms with Crippen molar-refractivity contribution < 1.29 is 14.3 Å². The van der Waals surface area contributed by atoms with Crippen LogP contribution in [0.25, 0.3) is 11.0 Å². The maximum absolute atomic E-state index is 12.0. The summed E-state index contributed by atoms with van der Waals surface area (Å²) in [6, 6.07) is 9.36. The number of H-pyrrole nitrogens is 1. The highest BCUT2D eigenvalue weighted by atomic mass is 32.1. The number of benzene rings is 1. The van der Waals surface area contributed by atoms with Crippen LogP contribution in [0.15, 0.2) is 42.7 Å². The van der Waals surface area contributed by atoms with E-state index < -0.39 is 0 Å². The van der Waals surface area contributed by atoms with Crippen molar-refractivity contribution in [2.45, 2.75) is 25.7 Å². The normalized spacial score (nSPS) is 10.3. The molecule has 0 unspecified atom stereocenters. The Bertz CT molecular complexity index is 1130. The van der Waals surface area contributed by atoms with Gasteiger partial charge in [-0.1, -0.05) is 18.1 Å². The minimum atomic E-state index is -0.313. The number of hydrogen-bond acceptors (Lipinski definition) is 5. The molecule has 0 aliphatic carbocycles. The van der Waals surface area contributed by atoms with E-state index in [0.717, 1.165) is 41.6 Å². The summed E-state index contributed by atoms with van der Waals surface area (Å²) >= 11 is 5.51. The van der Waals surface area contributed by atoms with Gasteiger partial charge in [0, 0.05) is 35.8 Å². The summed E-state index contributed by atoms with van der Waals surface area (Å²) in [5, 5.41) is 3.96. The topological polar surface area (TPSA) is 76.2 Å². The maximum Gasteiger partial charge on any atom is 0.296 e. The summed E-state index contributed by atoms with van der Waals surface area (Å²) in [6.07, 6.45) is 7.02. The number of methoxy groups -OCH3 is 2. The lowest BCUT2D eigenvalue weighted by Gasteiger charge is -2.06. The number of carbonyl (C=O) groups is 1. The first kappa shape index (κ1) is 22.3. The molecule has 3 aromatic rings. The molecule has 3 rings (SSSR count). The Labute approximate surface area is 187 Å². The SMILES string of the molecule is COc1ccc(C#CC(=O)NCCCC(=S)CCc2ccnc3[nH]ccc23)cc1OC. The Kier molecular flexibility index (Phi) is 8.02. The first-order chi connectivity index (χ1) is 15.1. The number of nitrogens with one attached hydrogen (secondary N) is 2. The lowest BCUT2D eigenvalue weighted by Crippen LogP contribution is -2.23. The van der Waals surface area contributed by atoms with Crippen molar-refractivity contribution in [3.05, 3.63) is 53.9 Å². The van der Waals surface area contributed by atoms with Crippen LogP contribution in [0.2, 0.25) is 0 Å². The molecule has 2 heterocycles. The predicted molar refractivity (Wildman–Crippen MR) is 126 cm³/mol. The first-order valence-corrected chi connectivity index (χ1v) is 10.5. The third-order valence-electron chi connectivity index (χ3n) is 4.85. The number of carbonyl (C=O) groups excluding carboxylic acids is 1. The lowest BCUT2D eigenvalue weighted by atomic mass is 10.0. The van der Waals surface area contributed by atoms with Crippen LogP contribution in [0.5, 0.6) is 11.5 Å². The minimum absolute atomic E-state index is 0.313. The third-order valence-corrected chi connectivity index (χ3v) is 5.25. The van der Waals surface area contributed by atoms with Gasteiger partial charge in [0.15, 0.2) is 11.5 Å². The summed E-state index contributed by atoms with van der Waals surface area (Å²) in [7, 11) is 3.13. The lowest BCUT2D eigenvalue weighted by molar-refractivity contribution is -0.115. The summed E-state index contributed by atoms with van der Waals surface area (Å²) < 4.78 is 10.4. The molecule has 0 aliphatic heterocycles. The molecule has 160 valence electrons. The van der Waals surface area contributed by atoms with Crippen molar-refractivity contribution in [1.29, 1.82) is 0 Å². The molecule has 1 aromatic carbocycles. The van der Waals surface area contributed by atoms with Crippen molar-refractivity contribution in [2.75, 3.05) is 20.8 Å². The van der Waals surface area contributed by atoms with Crippen LogP contribution in [0, 0.1) is 11.8 Å². The summed E-state index contributed by atoms with van der Waals surface area (Å²) in [4.78, 5) is 20.4. The Morgan fingerprint density at radius 1 is 1.16 bits per heavy atom. The molecule has 0 aliphatic rings. The molecular weight excluding hydrogens is 410 g/mol. The second-order valence-electron chi connectivity index (χ2n) is 6.93. The fourth-order valence-corrected chi connectivity index (χ4v) is 3.46. The molecule has 2 N–H and O–H groups in total. The zero-order valence-electron chi connectivity index (χ0n) is 17.7. The zero-order chi connectivity index (χ0) is 22.1. The quantitative estimate of drug-likeness (QED) is 0.304. The van der Waals surface area contributed by atoms with Gasteiger partial charge in [-0.15, -0.1) is 0 Å². The molecule has 2 aromatic heterocycles. The highest BCUT2D eigenvalue weighted by molar-refractivity contribution is 7.80. The number of hydrogen-bond donors (Lipinski definition) is 2. The van der Waals surface area contributed by atoms with E-state index in [0.29, 0.717) is 23.6 Å². The Morgan fingerprint density at radius 2 is 2.00 bits per heavy atom. The van der Waals surface area contributed by atoms with Crippen LogP contribution >= 0.6 is 12.2 Å². The number of rotatable bonds is 9. The van der Waals surface area contributed by atoms with Gasteiger partial charge in [-0.3, -0.25) is 4.79 Å². The van der Waals surface area contributed by atoms with Gasteiger partial charge in [0.2, 0.25) is 0 Å². The Balaban J connectivity index is 1.39. The number of pyridine rings is 1. The number of fused-ring (bicyclic) bond motifs is 1. The number of aromatic amines is 1. The molecule has 0 saturated heterocycles. The summed E-state index contributed by atoms with van der Waals surface area (Å²) in [6.45, 7) is 0.539. The number of amides is 1. The molecule has 1 amide bonds. The van der Waals surface area contributed by atoms with Crippen LogP contribution < -0.4 is 14.8 Å². The first-order valence-electron chi connectivity index (χ1n) is 10.0. The highest BCUT2D eigenvalue weighted by Gasteiger charge is 2.06. The average Bonchev–Trinajstić information content (AvgIpc) is 3.28. The van der Waals surface area contributed by atoms with E-state index in [9.17, 15) is 4.79 Å². The van der Waals surface area contributed by atoms with Gasteiger partial charge < -0.3 is 19.8 Å². The fraction of sp³-hybridized carbons (Fsp3) is 0.292. The van der Waals surface area contributed by atoms with Crippen molar-refractivity contribution >= 4 is 34.0 Å². The van der Waals surface area contributed by atoms with Gasteiger partial charge in [0.25, 0.3) is 5.91 Å². The van der Waals surface area contributed by atoms with Gasteiger partial charge in [-0.05, 0) is 66.4 Å². The molecule has 6 nitrogen and oxygen atoms in total. The van der Waals surface area contributed by atoms with E-state index in [2.05, 4.69) is 27.1 Å². The van der Waals surface area contributed by atoms with E-state index >= 15 is 0 Å². The van der Waals surface area contributed by atoms with Crippen molar-refractivity contribution in [3.63, 3.8) is 0 Å². The average molecular weight is 436 g/mol. The smallest absolute Gasteiger partial charge is 0.296 e. The molecule has 0 spiro atoms. The number of aryl methyl sites for hydroxylation is 1. The van der Waals surface area contributed by atoms with Crippen LogP contribution in [0.3, 0.4) is 0 Å². The Morgan fingerprint density at radius 3 is 2.81 bits per heavy atom. The van der Waals surface area contributed by atoms with E-state index in [1.165, 1.54) is 5.56 Å². The fourth-order valence-electron chi connectivity index (χ4n) is 3.21.